The van der Waals surface area contributed by atoms with Crippen molar-refractivity contribution in [3.63, 3.8) is 0 Å². The number of nitrogens with one attached hydrogen (secondary N) is 2. The molecule has 8 heteroatoms. The molecule has 0 aliphatic heterocycles. The second-order valence-corrected chi connectivity index (χ2v) is 5.33. The average molecular weight is 274 g/mol. The number of hydrogen-bond donors (Lipinski definition) is 4. The third-order valence-corrected chi connectivity index (χ3v) is 3.17. The van der Waals surface area contributed by atoms with Gasteiger partial charge in [-0.2, -0.15) is 13.1 Å². The zero-order valence-corrected chi connectivity index (χ0v) is 10.7. The Labute approximate surface area is 105 Å². The molecule has 0 amide bonds. The van der Waals surface area contributed by atoms with Crippen LogP contribution < -0.4 is 9.44 Å². The number of carboxylic acids is 1. The van der Waals surface area contributed by atoms with Crippen LogP contribution in [0.5, 0.6) is 5.75 Å². The Bertz CT molecular complexity index is 553. The average Bonchev–Trinajstić information content (AvgIpc) is 2.18. The molecule has 1 rings (SSSR count). The molecule has 0 saturated carbocycles. The minimum atomic E-state index is -3.85. The van der Waals surface area contributed by atoms with Gasteiger partial charge in [-0.15, -0.1) is 0 Å². The summed E-state index contributed by atoms with van der Waals surface area (Å²) in [5, 5.41) is 18.4. The molecule has 0 unspecified atom stereocenters. The Morgan fingerprint density at radius 1 is 1.33 bits per heavy atom. The lowest BCUT2D eigenvalue weighted by molar-refractivity contribution is 0.0694. The number of phenols is 1. The van der Waals surface area contributed by atoms with Crippen molar-refractivity contribution in [2.75, 3.05) is 4.72 Å². The summed E-state index contributed by atoms with van der Waals surface area (Å²) in [5.41, 5.74) is -0.567. The quantitative estimate of drug-likeness (QED) is 0.591. The second kappa shape index (κ2) is 5.23. The molecule has 0 spiro atoms. The summed E-state index contributed by atoms with van der Waals surface area (Å²) >= 11 is 0. The number of benzene rings is 1. The highest BCUT2D eigenvalue weighted by Crippen LogP contribution is 2.27. The summed E-state index contributed by atoms with van der Waals surface area (Å²) in [7, 11) is -3.85. The third-order valence-electron chi connectivity index (χ3n) is 1.90. The molecular weight excluding hydrogens is 260 g/mol. The van der Waals surface area contributed by atoms with E-state index in [1.807, 2.05) is 0 Å². The minimum absolute atomic E-state index is 0.192. The van der Waals surface area contributed by atoms with E-state index in [1.54, 1.807) is 13.8 Å². The molecule has 0 saturated heterocycles. The lowest BCUT2D eigenvalue weighted by atomic mass is 10.2. The summed E-state index contributed by atoms with van der Waals surface area (Å²) in [6.07, 6.45) is 0. The molecule has 0 aromatic heterocycles. The number of carbonyl (C=O) groups is 1. The normalized spacial score (nSPS) is 11.5. The highest BCUT2D eigenvalue weighted by atomic mass is 32.2. The summed E-state index contributed by atoms with van der Waals surface area (Å²) in [6, 6.07) is 3.44. The molecular formula is C10H14N2O5S. The maximum Gasteiger partial charge on any atom is 0.339 e. The molecule has 0 heterocycles. The Morgan fingerprint density at radius 2 is 1.94 bits per heavy atom. The molecule has 7 nitrogen and oxygen atoms in total. The third kappa shape index (κ3) is 3.60. The molecule has 18 heavy (non-hydrogen) atoms. The summed E-state index contributed by atoms with van der Waals surface area (Å²) in [6.45, 7) is 3.26. The van der Waals surface area contributed by atoms with Crippen LogP contribution in [-0.2, 0) is 10.2 Å². The molecule has 1 aromatic carbocycles. The summed E-state index contributed by atoms with van der Waals surface area (Å²) in [5.74, 6) is -1.97. The van der Waals surface area contributed by atoms with E-state index in [4.69, 9.17) is 5.11 Å². The van der Waals surface area contributed by atoms with Gasteiger partial charge in [0.25, 0.3) is 10.2 Å². The Morgan fingerprint density at radius 3 is 2.44 bits per heavy atom. The van der Waals surface area contributed by atoms with Gasteiger partial charge in [-0.3, -0.25) is 4.72 Å². The molecule has 4 N–H and O–H groups in total. The van der Waals surface area contributed by atoms with Crippen molar-refractivity contribution in [2.45, 2.75) is 19.9 Å². The Hall–Kier alpha value is -1.80. The largest absolute Gasteiger partial charge is 0.505 e. The van der Waals surface area contributed by atoms with Crippen LogP contribution in [0.15, 0.2) is 18.2 Å². The van der Waals surface area contributed by atoms with Gasteiger partial charge in [-0.25, -0.2) is 4.79 Å². The Balaban J connectivity index is 3.06. The fourth-order valence-electron chi connectivity index (χ4n) is 1.28. The fourth-order valence-corrected chi connectivity index (χ4v) is 2.42. The van der Waals surface area contributed by atoms with Crippen LogP contribution in [0, 0.1) is 0 Å². The van der Waals surface area contributed by atoms with E-state index in [0.29, 0.717) is 0 Å². The van der Waals surface area contributed by atoms with Crippen LogP contribution in [0.1, 0.15) is 24.2 Å². The van der Waals surface area contributed by atoms with Crippen molar-refractivity contribution >= 4 is 21.9 Å². The van der Waals surface area contributed by atoms with Gasteiger partial charge >= 0.3 is 5.97 Å². The van der Waals surface area contributed by atoms with E-state index in [2.05, 4.69) is 9.44 Å². The van der Waals surface area contributed by atoms with E-state index in [0.717, 1.165) is 0 Å². The van der Waals surface area contributed by atoms with Gasteiger partial charge < -0.3 is 10.2 Å². The van der Waals surface area contributed by atoms with Crippen molar-refractivity contribution in [3.05, 3.63) is 23.8 Å². The SMILES string of the molecule is CC(C)NS(=O)(=O)Nc1cccc(C(=O)O)c1O. The van der Waals surface area contributed by atoms with Gasteiger partial charge in [0.15, 0.2) is 5.75 Å². The van der Waals surface area contributed by atoms with E-state index in [1.165, 1.54) is 18.2 Å². The zero-order valence-electron chi connectivity index (χ0n) is 9.84. The number of rotatable bonds is 5. The first-order valence-corrected chi connectivity index (χ1v) is 6.56. The van der Waals surface area contributed by atoms with Gasteiger partial charge in [0.2, 0.25) is 0 Å². The van der Waals surface area contributed by atoms with E-state index in [-0.39, 0.29) is 17.3 Å². The number of aromatic hydroxyl groups is 1. The fraction of sp³-hybridized carbons (Fsp3) is 0.300. The highest BCUT2D eigenvalue weighted by molar-refractivity contribution is 7.90. The predicted molar refractivity (Wildman–Crippen MR) is 65.9 cm³/mol. The van der Waals surface area contributed by atoms with E-state index >= 15 is 0 Å². The molecule has 0 aliphatic rings. The van der Waals surface area contributed by atoms with Crippen LogP contribution in [0.2, 0.25) is 0 Å². The molecule has 0 bridgehead atoms. The van der Waals surface area contributed by atoms with Crippen molar-refractivity contribution < 1.29 is 23.4 Å². The van der Waals surface area contributed by atoms with E-state index < -0.39 is 21.9 Å². The zero-order chi connectivity index (χ0) is 13.9. The summed E-state index contributed by atoms with van der Waals surface area (Å²) in [4.78, 5) is 10.8. The van der Waals surface area contributed by atoms with Crippen LogP contribution in [0.4, 0.5) is 5.69 Å². The number of hydrogen-bond acceptors (Lipinski definition) is 4. The lowest BCUT2D eigenvalue weighted by Gasteiger charge is -2.13. The predicted octanol–water partition coefficient (Wildman–Crippen LogP) is 0.745. The number of para-hydroxylation sites is 1. The first kappa shape index (κ1) is 14.3. The lowest BCUT2D eigenvalue weighted by Crippen LogP contribution is -2.35. The van der Waals surface area contributed by atoms with Gasteiger partial charge in [0, 0.05) is 6.04 Å². The number of anilines is 1. The standard InChI is InChI=1S/C10H14N2O5S/c1-6(2)11-18(16,17)12-8-5-3-4-7(9(8)13)10(14)15/h3-6,11-13H,1-2H3,(H,14,15). The molecule has 0 atom stereocenters. The molecule has 0 aliphatic carbocycles. The van der Waals surface area contributed by atoms with Crippen LogP contribution in [0.25, 0.3) is 0 Å². The smallest absolute Gasteiger partial charge is 0.339 e. The van der Waals surface area contributed by atoms with Gasteiger partial charge in [0.1, 0.15) is 5.56 Å². The number of carboxylic acid groups (broad SMARTS) is 1. The van der Waals surface area contributed by atoms with Gasteiger partial charge in [0.05, 0.1) is 5.69 Å². The maximum atomic E-state index is 11.6. The van der Waals surface area contributed by atoms with Crippen LogP contribution in [-0.4, -0.2) is 30.6 Å². The highest BCUT2D eigenvalue weighted by Gasteiger charge is 2.17. The topological polar surface area (TPSA) is 116 Å². The first-order valence-electron chi connectivity index (χ1n) is 5.08. The number of aromatic carboxylic acids is 1. The Kier molecular flexibility index (Phi) is 4.15. The van der Waals surface area contributed by atoms with Crippen LogP contribution >= 0.6 is 0 Å². The van der Waals surface area contributed by atoms with Crippen molar-refractivity contribution in [2.24, 2.45) is 0 Å². The van der Waals surface area contributed by atoms with E-state index in [9.17, 15) is 18.3 Å². The monoisotopic (exact) mass is 274 g/mol. The maximum absolute atomic E-state index is 11.6. The van der Waals surface area contributed by atoms with Crippen molar-refractivity contribution in [1.82, 2.24) is 4.72 Å². The first-order chi connectivity index (χ1) is 8.23. The van der Waals surface area contributed by atoms with Crippen LogP contribution in [0.3, 0.4) is 0 Å². The van der Waals surface area contributed by atoms with Gasteiger partial charge in [-0.05, 0) is 26.0 Å². The molecule has 1 aromatic rings. The summed E-state index contributed by atoms with van der Waals surface area (Å²) < 4.78 is 27.4. The van der Waals surface area contributed by atoms with Crippen molar-refractivity contribution in [1.29, 1.82) is 0 Å². The molecule has 0 fully saturated rings. The minimum Gasteiger partial charge on any atom is -0.505 e. The van der Waals surface area contributed by atoms with Gasteiger partial charge in [-0.1, -0.05) is 6.07 Å². The second-order valence-electron chi connectivity index (χ2n) is 3.88. The van der Waals surface area contributed by atoms with Crippen molar-refractivity contribution in [3.8, 4) is 5.75 Å². The molecule has 0 radical (unpaired) electrons. The molecule has 100 valence electrons.